The molecule has 0 N–H and O–H groups in total. The van der Waals surface area contributed by atoms with E-state index in [1.54, 1.807) is 0 Å². The summed E-state index contributed by atoms with van der Waals surface area (Å²) in [5.41, 5.74) is 6.37. The number of allylic oxidation sites excluding steroid dienone is 1. The fourth-order valence-electron chi connectivity index (χ4n) is 3.76. The molecule has 0 fully saturated rings. The summed E-state index contributed by atoms with van der Waals surface area (Å²) in [7, 11) is 2.14. The van der Waals surface area contributed by atoms with E-state index in [-0.39, 0.29) is 0 Å². The Hall–Kier alpha value is -2.36. The maximum absolute atomic E-state index is 6.00. The number of halogens is 1. The molecule has 0 amide bonds. The first kappa shape index (κ1) is 23.3. The average Bonchev–Trinajstić information content (AvgIpc) is 2.83. The highest BCUT2D eigenvalue weighted by molar-refractivity contribution is 9.09. The van der Waals surface area contributed by atoms with Gasteiger partial charge in [0.1, 0.15) is 12.4 Å². The smallest absolute Gasteiger partial charge is 0.119 e. The van der Waals surface area contributed by atoms with E-state index in [4.69, 9.17) is 4.74 Å². The second kappa shape index (κ2) is 12.5. The van der Waals surface area contributed by atoms with Crippen molar-refractivity contribution in [2.45, 2.75) is 19.8 Å². The fourth-order valence-corrected chi connectivity index (χ4v) is 4.01. The molecule has 3 rings (SSSR count). The van der Waals surface area contributed by atoms with Crippen molar-refractivity contribution in [3.63, 3.8) is 0 Å². The maximum atomic E-state index is 6.00. The molecule has 0 aliphatic heterocycles. The molecule has 162 valence electrons. The Morgan fingerprint density at radius 1 is 0.774 bits per heavy atom. The van der Waals surface area contributed by atoms with Crippen molar-refractivity contribution in [1.29, 1.82) is 0 Å². The lowest BCUT2D eigenvalue weighted by atomic mass is 9.88. The van der Waals surface area contributed by atoms with Crippen molar-refractivity contribution in [2.24, 2.45) is 0 Å². The largest absolute Gasteiger partial charge is 0.492 e. The van der Waals surface area contributed by atoms with Crippen LogP contribution in [0, 0.1) is 0 Å². The van der Waals surface area contributed by atoms with E-state index < -0.39 is 0 Å². The van der Waals surface area contributed by atoms with Crippen LogP contribution in [0.1, 0.15) is 36.5 Å². The summed E-state index contributed by atoms with van der Waals surface area (Å²) < 4.78 is 6.00. The second-order valence-corrected chi connectivity index (χ2v) is 8.45. The molecule has 3 aromatic carbocycles. The first-order valence-corrected chi connectivity index (χ1v) is 12.2. The molecule has 0 atom stereocenters. The van der Waals surface area contributed by atoms with Gasteiger partial charge in [-0.05, 0) is 66.4 Å². The van der Waals surface area contributed by atoms with E-state index in [0.717, 1.165) is 37.0 Å². The van der Waals surface area contributed by atoms with Gasteiger partial charge in [-0.25, -0.2) is 0 Å². The van der Waals surface area contributed by atoms with Gasteiger partial charge in [-0.15, -0.1) is 0 Å². The lowest BCUT2D eigenvalue weighted by molar-refractivity contribution is 0.238. The molecular weight excluding hydrogens is 446 g/mol. The number of likely N-dealkylation sites (N-methyl/N-ethyl adjacent to an activating group) is 1. The minimum absolute atomic E-state index is 0.698. The molecule has 0 aliphatic carbocycles. The highest BCUT2D eigenvalue weighted by Crippen LogP contribution is 2.34. The monoisotopic (exact) mass is 477 g/mol. The van der Waals surface area contributed by atoms with Crippen LogP contribution in [0.2, 0.25) is 0 Å². The summed E-state index contributed by atoms with van der Waals surface area (Å²) in [6.07, 6.45) is 2.12. The fraction of sp³-hybridized carbons (Fsp3) is 0.286. The SMILES string of the molecule is CC/C(=C(\c1ccccc1)c1ccc(OCCN(C)CCCBr)cc1)c1ccccc1. The zero-order valence-corrected chi connectivity index (χ0v) is 20.1. The van der Waals surface area contributed by atoms with Gasteiger partial charge in [0.15, 0.2) is 0 Å². The summed E-state index contributed by atoms with van der Waals surface area (Å²) in [5.74, 6) is 0.919. The van der Waals surface area contributed by atoms with E-state index in [1.807, 2.05) is 0 Å². The van der Waals surface area contributed by atoms with E-state index in [9.17, 15) is 0 Å². The maximum Gasteiger partial charge on any atom is 0.119 e. The highest BCUT2D eigenvalue weighted by atomic mass is 79.9. The van der Waals surface area contributed by atoms with Gasteiger partial charge in [0.05, 0.1) is 0 Å². The van der Waals surface area contributed by atoms with Gasteiger partial charge in [0, 0.05) is 11.9 Å². The Balaban J connectivity index is 1.83. The molecule has 2 nitrogen and oxygen atoms in total. The van der Waals surface area contributed by atoms with Crippen molar-refractivity contribution in [3.05, 3.63) is 102 Å². The van der Waals surface area contributed by atoms with Gasteiger partial charge in [0.25, 0.3) is 0 Å². The third-order valence-corrected chi connectivity index (χ3v) is 5.96. The minimum atomic E-state index is 0.698. The van der Waals surface area contributed by atoms with Gasteiger partial charge in [0.2, 0.25) is 0 Å². The lowest BCUT2D eigenvalue weighted by Crippen LogP contribution is -2.25. The molecule has 0 saturated carbocycles. The molecule has 0 spiro atoms. The quantitative estimate of drug-likeness (QED) is 0.214. The van der Waals surface area contributed by atoms with Crippen molar-refractivity contribution in [3.8, 4) is 5.75 Å². The molecule has 31 heavy (non-hydrogen) atoms. The summed E-state index contributed by atoms with van der Waals surface area (Å²) >= 11 is 3.49. The van der Waals surface area contributed by atoms with Crippen LogP contribution in [0.3, 0.4) is 0 Å². The molecule has 0 aromatic heterocycles. The van der Waals surface area contributed by atoms with E-state index in [1.165, 1.54) is 27.8 Å². The summed E-state index contributed by atoms with van der Waals surface area (Å²) in [6.45, 7) is 4.94. The molecule has 0 aliphatic rings. The van der Waals surface area contributed by atoms with Gasteiger partial charge >= 0.3 is 0 Å². The van der Waals surface area contributed by atoms with Crippen molar-refractivity contribution < 1.29 is 4.74 Å². The number of hydrogen-bond donors (Lipinski definition) is 0. The van der Waals surface area contributed by atoms with Gasteiger partial charge in [-0.3, -0.25) is 0 Å². The van der Waals surface area contributed by atoms with Crippen LogP contribution in [-0.4, -0.2) is 37.0 Å². The second-order valence-electron chi connectivity index (χ2n) is 7.66. The van der Waals surface area contributed by atoms with Crippen LogP contribution in [0.25, 0.3) is 11.1 Å². The van der Waals surface area contributed by atoms with Crippen LogP contribution in [0.4, 0.5) is 0 Å². The number of alkyl halides is 1. The number of benzene rings is 3. The van der Waals surface area contributed by atoms with Gasteiger partial charge < -0.3 is 9.64 Å². The summed E-state index contributed by atoms with van der Waals surface area (Å²) in [6, 6.07) is 29.9. The van der Waals surface area contributed by atoms with Crippen molar-refractivity contribution in [2.75, 3.05) is 32.1 Å². The summed E-state index contributed by atoms with van der Waals surface area (Å²) in [5, 5.41) is 1.04. The minimum Gasteiger partial charge on any atom is -0.492 e. The van der Waals surface area contributed by atoms with Gasteiger partial charge in [-0.1, -0.05) is 95.7 Å². The first-order valence-electron chi connectivity index (χ1n) is 11.0. The molecular formula is C28H32BrNO. The first-order chi connectivity index (χ1) is 15.2. The normalized spacial score (nSPS) is 12.0. The average molecular weight is 478 g/mol. The molecule has 0 radical (unpaired) electrons. The summed E-state index contributed by atoms with van der Waals surface area (Å²) in [4.78, 5) is 2.30. The van der Waals surface area contributed by atoms with Crippen LogP contribution < -0.4 is 4.74 Å². The van der Waals surface area contributed by atoms with Gasteiger partial charge in [-0.2, -0.15) is 0 Å². The number of ether oxygens (including phenoxy) is 1. The van der Waals surface area contributed by atoms with Crippen LogP contribution in [0.15, 0.2) is 84.9 Å². The Morgan fingerprint density at radius 2 is 1.35 bits per heavy atom. The molecule has 3 aromatic rings. The molecule has 0 saturated heterocycles. The van der Waals surface area contributed by atoms with E-state index in [2.05, 4.69) is 120 Å². The Morgan fingerprint density at radius 3 is 1.94 bits per heavy atom. The predicted molar refractivity (Wildman–Crippen MR) is 137 cm³/mol. The van der Waals surface area contributed by atoms with Crippen LogP contribution in [0.5, 0.6) is 5.75 Å². The predicted octanol–water partition coefficient (Wildman–Crippen LogP) is 7.15. The Bertz CT molecular complexity index is 936. The Kier molecular flexibility index (Phi) is 9.39. The number of rotatable bonds is 11. The molecule has 0 heterocycles. The standard InChI is InChI=1S/C28H32BrNO/c1-3-27(23-11-6-4-7-12-23)28(24-13-8-5-9-14-24)25-15-17-26(18-16-25)31-22-21-30(2)20-10-19-29/h4-9,11-18H,3,10,19-22H2,1-2H3/b28-27-. The third-order valence-electron chi connectivity index (χ3n) is 5.40. The van der Waals surface area contributed by atoms with Crippen LogP contribution in [-0.2, 0) is 0 Å². The molecule has 0 bridgehead atoms. The molecule has 0 unspecified atom stereocenters. The van der Waals surface area contributed by atoms with Crippen molar-refractivity contribution in [1.82, 2.24) is 4.90 Å². The number of hydrogen-bond acceptors (Lipinski definition) is 2. The van der Waals surface area contributed by atoms with E-state index >= 15 is 0 Å². The lowest BCUT2D eigenvalue weighted by Gasteiger charge is -2.18. The van der Waals surface area contributed by atoms with Crippen LogP contribution >= 0.6 is 15.9 Å². The highest BCUT2D eigenvalue weighted by Gasteiger charge is 2.13. The number of nitrogens with zero attached hydrogens (tertiary/aromatic N) is 1. The van der Waals surface area contributed by atoms with Crippen molar-refractivity contribution >= 4 is 27.1 Å². The Labute approximate surface area is 195 Å². The van der Waals surface area contributed by atoms with E-state index in [0.29, 0.717) is 6.61 Å². The topological polar surface area (TPSA) is 12.5 Å². The third kappa shape index (κ3) is 6.81. The zero-order valence-electron chi connectivity index (χ0n) is 18.6. The zero-order chi connectivity index (χ0) is 21.9. The molecule has 3 heteroatoms.